The molecule has 1 amide bonds. The van der Waals surface area contributed by atoms with E-state index in [1.807, 2.05) is 23.1 Å². The van der Waals surface area contributed by atoms with Gasteiger partial charge in [0.25, 0.3) is 0 Å². The SMILES string of the molecule is CCNC(=NCC1CC(=O)N(CCc2ccccc2)C1)NCCCN(C)C. The molecule has 0 saturated carbocycles. The summed E-state index contributed by atoms with van der Waals surface area (Å²) >= 11 is 0. The molecule has 1 atom stereocenters. The molecule has 1 heterocycles. The van der Waals surface area contributed by atoms with Crippen LogP contribution in [0.15, 0.2) is 35.3 Å². The fraction of sp³-hybridized carbons (Fsp3) is 0.619. The van der Waals surface area contributed by atoms with Crippen LogP contribution in [0.2, 0.25) is 0 Å². The first-order valence-corrected chi connectivity index (χ1v) is 10.1. The number of aliphatic imine (C=N–C) groups is 1. The Morgan fingerprint density at radius 2 is 2.04 bits per heavy atom. The van der Waals surface area contributed by atoms with Crippen LogP contribution in [0.1, 0.15) is 25.3 Å². The molecule has 6 heteroatoms. The normalized spacial score (nSPS) is 17.6. The second kappa shape index (κ2) is 11.6. The highest BCUT2D eigenvalue weighted by Gasteiger charge is 2.28. The Morgan fingerprint density at radius 1 is 1.26 bits per heavy atom. The van der Waals surface area contributed by atoms with Gasteiger partial charge in [0.2, 0.25) is 5.91 Å². The smallest absolute Gasteiger partial charge is 0.223 e. The molecule has 1 aliphatic rings. The van der Waals surface area contributed by atoms with Crippen LogP contribution in [-0.2, 0) is 11.2 Å². The Kier molecular flexibility index (Phi) is 9.11. The van der Waals surface area contributed by atoms with Gasteiger partial charge in [0, 0.05) is 45.1 Å². The number of hydrogen-bond donors (Lipinski definition) is 2. The molecular formula is C21H35N5O. The van der Waals surface area contributed by atoms with E-state index in [0.717, 1.165) is 51.5 Å². The van der Waals surface area contributed by atoms with Gasteiger partial charge in [0.1, 0.15) is 0 Å². The summed E-state index contributed by atoms with van der Waals surface area (Å²) in [5, 5.41) is 6.67. The number of rotatable bonds is 10. The lowest BCUT2D eigenvalue weighted by Gasteiger charge is -2.17. The number of guanidine groups is 1. The van der Waals surface area contributed by atoms with Gasteiger partial charge in [-0.2, -0.15) is 0 Å². The predicted octanol–water partition coefficient (Wildman–Crippen LogP) is 1.58. The summed E-state index contributed by atoms with van der Waals surface area (Å²) in [6.45, 7) is 7.17. The summed E-state index contributed by atoms with van der Waals surface area (Å²) in [7, 11) is 4.17. The molecule has 0 radical (unpaired) electrons. The van der Waals surface area contributed by atoms with Crippen LogP contribution in [-0.4, -0.2) is 75.0 Å². The van der Waals surface area contributed by atoms with Crippen molar-refractivity contribution in [2.75, 3.05) is 53.4 Å². The van der Waals surface area contributed by atoms with Crippen molar-refractivity contribution in [1.29, 1.82) is 0 Å². The molecule has 2 N–H and O–H groups in total. The van der Waals surface area contributed by atoms with Crippen LogP contribution in [0.5, 0.6) is 0 Å². The fourth-order valence-electron chi connectivity index (χ4n) is 3.27. The van der Waals surface area contributed by atoms with Crippen molar-refractivity contribution >= 4 is 11.9 Å². The van der Waals surface area contributed by atoms with Crippen LogP contribution in [0.25, 0.3) is 0 Å². The zero-order chi connectivity index (χ0) is 19.5. The lowest BCUT2D eigenvalue weighted by Crippen LogP contribution is -2.39. The number of carbonyl (C=O) groups excluding carboxylic acids is 1. The zero-order valence-electron chi connectivity index (χ0n) is 17.1. The second-order valence-corrected chi connectivity index (χ2v) is 7.45. The average Bonchev–Trinajstić information content (AvgIpc) is 3.02. The molecule has 1 saturated heterocycles. The second-order valence-electron chi connectivity index (χ2n) is 7.45. The summed E-state index contributed by atoms with van der Waals surface area (Å²) in [6, 6.07) is 10.4. The quantitative estimate of drug-likeness (QED) is 0.371. The third kappa shape index (κ3) is 7.99. The Balaban J connectivity index is 1.76. The van der Waals surface area contributed by atoms with Gasteiger partial charge in [-0.15, -0.1) is 0 Å². The number of amides is 1. The van der Waals surface area contributed by atoms with E-state index in [9.17, 15) is 4.79 Å². The van der Waals surface area contributed by atoms with E-state index < -0.39 is 0 Å². The van der Waals surface area contributed by atoms with Crippen molar-refractivity contribution in [1.82, 2.24) is 20.4 Å². The van der Waals surface area contributed by atoms with Crippen LogP contribution < -0.4 is 10.6 Å². The molecule has 1 fully saturated rings. The van der Waals surface area contributed by atoms with Gasteiger partial charge in [-0.25, -0.2) is 0 Å². The molecule has 6 nitrogen and oxygen atoms in total. The van der Waals surface area contributed by atoms with Gasteiger partial charge in [-0.3, -0.25) is 9.79 Å². The number of carbonyl (C=O) groups is 1. The summed E-state index contributed by atoms with van der Waals surface area (Å²) in [6.07, 6.45) is 2.60. The molecule has 0 aromatic heterocycles. The highest BCUT2D eigenvalue weighted by Crippen LogP contribution is 2.18. The molecule has 1 unspecified atom stereocenters. The van der Waals surface area contributed by atoms with E-state index in [1.165, 1.54) is 5.56 Å². The third-order valence-corrected chi connectivity index (χ3v) is 4.73. The third-order valence-electron chi connectivity index (χ3n) is 4.73. The maximum absolute atomic E-state index is 12.3. The summed E-state index contributed by atoms with van der Waals surface area (Å²) in [4.78, 5) is 21.2. The molecule has 1 aromatic rings. The number of hydrogen-bond acceptors (Lipinski definition) is 3. The molecule has 0 spiro atoms. The lowest BCUT2D eigenvalue weighted by molar-refractivity contribution is -0.127. The summed E-state index contributed by atoms with van der Waals surface area (Å²) < 4.78 is 0. The summed E-state index contributed by atoms with van der Waals surface area (Å²) in [5.41, 5.74) is 1.28. The topological polar surface area (TPSA) is 60.0 Å². The first-order valence-electron chi connectivity index (χ1n) is 10.1. The predicted molar refractivity (Wildman–Crippen MR) is 112 cm³/mol. The van der Waals surface area contributed by atoms with Crippen molar-refractivity contribution in [2.45, 2.75) is 26.2 Å². The van der Waals surface area contributed by atoms with E-state index >= 15 is 0 Å². The lowest BCUT2D eigenvalue weighted by atomic mass is 10.1. The average molecular weight is 374 g/mol. The van der Waals surface area contributed by atoms with Crippen molar-refractivity contribution in [3.63, 3.8) is 0 Å². The molecular weight excluding hydrogens is 338 g/mol. The van der Waals surface area contributed by atoms with E-state index in [0.29, 0.717) is 18.9 Å². The van der Waals surface area contributed by atoms with Crippen LogP contribution in [0.4, 0.5) is 0 Å². The Morgan fingerprint density at radius 3 is 2.74 bits per heavy atom. The van der Waals surface area contributed by atoms with Crippen LogP contribution in [0.3, 0.4) is 0 Å². The van der Waals surface area contributed by atoms with Crippen LogP contribution in [0, 0.1) is 5.92 Å². The number of benzene rings is 1. The van der Waals surface area contributed by atoms with E-state index in [2.05, 4.69) is 48.7 Å². The van der Waals surface area contributed by atoms with Crippen molar-refractivity contribution in [3.05, 3.63) is 35.9 Å². The highest BCUT2D eigenvalue weighted by molar-refractivity contribution is 5.80. The van der Waals surface area contributed by atoms with E-state index in [-0.39, 0.29) is 5.91 Å². The van der Waals surface area contributed by atoms with Gasteiger partial charge >= 0.3 is 0 Å². The first-order chi connectivity index (χ1) is 13.1. The first kappa shape index (κ1) is 21.2. The van der Waals surface area contributed by atoms with E-state index in [1.54, 1.807) is 0 Å². The fourth-order valence-corrected chi connectivity index (χ4v) is 3.27. The van der Waals surface area contributed by atoms with Crippen molar-refractivity contribution in [3.8, 4) is 0 Å². The largest absolute Gasteiger partial charge is 0.357 e. The molecule has 150 valence electrons. The molecule has 0 bridgehead atoms. The van der Waals surface area contributed by atoms with Gasteiger partial charge in [0.05, 0.1) is 0 Å². The highest BCUT2D eigenvalue weighted by atomic mass is 16.2. The van der Waals surface area contributed by atoms with Gasteiger partial charge in [-0.05, 0) is 46.0 Å². The molecule has 1 aliphatic heterocycles. The minimum atomic E-state index is 0.259. The van der Waals surface area contributed by atoms with Crippen molar-refractivity contribution in [2.24, 2.45) is 10.9 Å². The molecule has 2 rings (SSSR count). The summed E-state index contributed by atoms with van der Waals surface area (Å²) in [5.74, 6) is 1.42. The maximum atomic E-state index is 12.3. The monoisotopic (exact) mass is 373 g/mol. The maximum Gasteiger partial charge on any atom is 0.223 e. The van der Waals surface area contributed by atoms with Crippen LogP contribution >= 0.6 is 0 Å². The molecule has 1 aromatic carbocycles. The zero-order valence-corrected chi connectivity index (χ0v) is 17.1. The Labute approximate surface area is 164 Å². The minimum Gasteiger partial charge on any atom is -0.357 e. The number of nitrogens with one attached hydrogen (secondary N) is 2. The van der Waals surface area contributed by atoms with Gasteiger partial charge < -0.3 is 20.4 Å². The number of likely N-dealkylation sites (tertiary alicyclic amines) is 1. The van der Waals surface area contributed by atoms with E-state index in [4.69, 9.17) is 4.99 Å². The van der Waals surface area contributed by atoms with Gasteiger partial charge in [-0.1, -0.05) is 30.3 Å². The molecule has 27 heavy (non-hydrogen) atoms. The standard InChI is InChI=1S/C21H35N5O/c1-4-22-21(23-12-8-13-25(2)3)24-16-19-15-20(27)26(17-19)14-11-18-9-6-5-7-10-18/h5-7,9-10,19H,4,8,11-17H2,1-3H3,(H2,22,23,24). The number of nitrogens with zero attached hydrogens (tertiary/aromatic N) is 3. The molecule has 0 aliphatic carbocycles. The van der Waals surface area contributed by atoms with Gasteiger partial charge in [0.15, 0.2) is 5.96 Å². The Hall–Kier alpha value is -2.08. The Bertz CT molecular complexity index is 587. The minimum absolute atomic E-state index is 0.259. The van der Waals surface area contributed by atoms with Crippen molar-refractivity contribution < 1.29 is 4.79 Å².